The van der Waals surface area contributed by atoms with Gasteiger partial charge in [-0.1, -0.05) is 59.6 Å². The van der Waals surface area contributed by atoms with Crippen molar-refractivity contribution in [2.24, 2.45) is 0 Å². The van der Waals surface area contributed by atoms with Crippen LogP contribution in [-0.4, -0.2) is 138 Å². The zero-order chi connectivity index (χ0) is 54.7. The van der Waals surface area contributed by atoms with Crippen molar-refractivity contribution in [2.45, 2.75) is 77.7 Å². The van der Waals surface area contributed by atoms with Gasteiger partial charge >= 0.3 is 0 Å². The molecule has 18 nitrogen and oxygen atoms in total. The second-order valence-electron chi connectivity index (χ2n) is 18.1. The van der Waals surface area contributed by atoms with Gasteiger partial charge in [-0.05, 0) is 71.5 Å². The van der Waals surface area contributed by atoms with Gasteiger partial charge in [0.15, 0.2) is 0 Å². The molecule has 4 aromatic carbocycles. The summed E-state index contributed by atoms with van der Waals surface area (Å²) in [6.45, 7) is 1.47. The molecule has 0 aliphatic heterocycles. The van der Waals surface area contributed by atoms with Crippen molar-refractivity contribution in [2.75, 3.05) is 52.7 Å². The Morgan fingerprint density at radius 2 is 0.882 bits per heavy atom. The Kier molecular flexibility index (Phi) is 22.6. The molecule has 0 aliphatic rings. The highest BCUT2D eigenvalue weighted by Crippen LogP contribution is 2.38. The molecule has 8 N–H and O–H groups in total. The van der Waals surface area contributed by atoms with Crippen molar-refractivity contribution in [3.05, 3.63) is 163 Å². The van der Waals surface area contributed by atoms with Gasteiger partial charge in [-0.25, -0.2) is 0 Å². The maximum atomic E-state index is 10.3. The van der Waals surface area contributed by atoms with E-state index in [9.17, 15) is 51.4 Å². The van der Waals surface area contributed by atoms with Crippen LogP contribution in [0.2, 0.25) is 10.0 Å². The zero-order valence-corrected chi connectivity index (χ0v) is 43.6. The molecule has 76 heavy (non-hydrogen) atoms. The van der Waals surface area contributed by atoms with E-state index < -0.39 is 63.9 Å². The van der Waals surface area contributed by atoms with Crippen molar-refractivity contribution in [3.63, 3.8) is 0 Å². The second-order valence-corrected chi connectivity index (χ2v) is 18.9. The maximum absolute atomic E-state index is 10.3. The van der Waals surface area contributed by atoms with Crippen LogP contribution in [0.5, 0.6) is 23.0 Å². The van der Waals surface area contributed by atoms with Gasteiger partial charge in [0.1, 0.15) is 61.6 Å². The molecule has 2 atom stereocenters. The number of nitriles is 2. The minimum atomic E-state index is -1.16. The predicted molar refractivity (Wildman–Crippen MR) is 282 cm³/mol. The van der Waals surface area contributed by atoms with Gasteiger partial charge in [0.2, 0.25) is 0 Å². The fourth-order valence-electron chi connectivity index (χ4n) is 8.40. The van der Waals surface area contributed by atoms with E-state index in [-0.39, 0.29) is 62.7 Å². The number of hydrogen-bond acceptors (Lipinski definition) is 18. The fourth-order valence-corrected chi connectivity index (χ4v) is 8.88. The highest BCUT2D eigenvalue weighted by molar-refractivity contribution is 6.32. The molecule has 6 aromatic rings. The molecule has 2 aromatic heterocycles. The summed E-state index contributed by atoms with van der Waals surface area (Å²) in [5.74, 6) is 1.29. The molecule has 0 amide bonds. The highest BCUT2D eigenvalue weighted by Gasteiger charge is 2.26. The molecule has 0 spiro atoms. The summed E-state index contributed by atoms with van der Waals surface area (Å²) in [5, 5.41) is 99.5. The largest absolute Gasteiger partial charge is 0.488 e. The van der Waals surface area contributed by atoms with E-state index in [0.717, 1.165) is 33.4 Å². The molecule has 0 bridgehead atoms. The lowest BCUT2D eigenvalue weighted by molar-refractivity contribution is 0.0107. The first-order valence-electron chi connectivity index (χ1n) is 24.3. The first kappa shape index (κ1) is 58.8. The lowest BCUT2D eigenvalue weighted by Gasteiger charge is -2.31. The first-order chi connectivity index (χ1) is 36.8. The topological polar surface area (TPSA) is 279 Å². The van der Waals surface area contributed by atoms with Gasteiger partial charge in [0, 0.05) is 85.4 Å². The third kappa shape index (κ3) is 15.8. The molecule has 402 valence electrons. The third-order valence-electron chi connectivity index (χ3n) is 12.7. The first-order valence-corrected chi connectivity index (χ1v) is 25.0. The lowest BCUT2D eigenvalue weighted by atomic mass is 9.92. The number of ether oxygens (including phenoxy) is 4. The summed E-state index contributed by atoms with van der Waals surface area (Å²) >= 11 is 13.8. The molecule has 0 fully saturated rings. The zero-order valence-electron chi connectivity index (χ0n) is 42.1. The smallest absolute Gasteiger partial charge is 0.142 e. The normalized spacial score (nSPS) is 12.2. The van der Waals surface area contributed by atoms with Crippen molar-refractivity contribution in [1.82, 2.24) is 19.8 Å². The number of aromatic nitrogens is 2. The van der Waals surface area contributed by atoms with Crippen molar-refractivity contribution >= 4 is 23.2 Å². The van der Waals surface area contributed by atoms with Crippen LogP contribution in [0.4, 0.5) is 0 Å². The van der Waals surface area contributed by atoms with Gasteiger partial charge in [0.05, 0.1) is 85.1 Å². The predicted octanol–water partition coefficient (Wildman–Crippen LogP) is 5.14. The third-order valence-corrected chi connectivity index (χ3v) is 13.3. The van der Waals surface area contributed by atoms with Gasteiger partial charge in [0.25, 0.3) is 0 Å². The maximum Gasteiger partial charge on any atom is 0.142 e. The summed E-state index contributed by atoms with van der Waals surface area (Å²) in [6, 6.07) is 24.3. The van der Waals surface area contributed by atoms with Gasteiger partial charge < -0.3 is 59.8 Å². The Labute approximate surface area is 451 Å². The molecule has 0 saturated carbocycles. The Bertz CT molecular complexity index is 2750. The SMILES string of the molecule is Cc1c(COc2cc(OCc3cncc(C#N)c3)c(CN(CC(O)CO)C(CO)CO)cc2Cl)cccc1-c1cccc(COc2cc(OCc3cncc(C#N)c3)c(CN(CC(O)CO)C(CO)CO)cc2Cl)c1C. The summed E-state index contributed by atoms with van der Waals surface area (Å²) < 4.78 is 25.4. The standard InChI is InChI=1S/C56H62Cl2N6O12/c1-35-41(33-75-55-13-53(73-31-39-9-37(15-59)17-61-19-39)43(11-51(55)57)21-63(23-47(71)29-69)45(25-65)26-66)5-3-7-49(35)50-8-4-6-42(36(50)2)34-76-56-14-54(74-32-40-10-38(16-60)18-62-20-40)44(12-52(56)58)22-64(24-48(72)30-70)46(27-67)28-68/h3-14,17-20,45-48,65-72H,21-34H2,1-2H3. The van der Waals surface area contributed by atoms with Crippen molar-refractivity contribution in [3.8, 4) is 46.3 Å². The Hall–Kier alpha value is -6.46. The monoisotopic (exact) mass is 1080 g/mol. The van der Waals surface area contributed by atoms with E-state index in [1.165, 1.54) is 12.4 Å². The molecule has 2 unspecified atom stereocenters. The van der Waals surface area contributed by atoms with E-state index in [0.29, 0.717) is 56.4 Å². The molecule has 6 rings (SSSR count). The van der Waals surface area contributed by atoms with Gasteiger partial charge in [-0.3, -0.25) is 19.8 Å². The van der Waals surface area contributed by atoms with Crippen molar-refractivity contribution < 1.29 is 59.8 Å². The van der Waals surface area contributed by atoms with Crippen LogP contribution in [0, 0.1) is 36.5 Å². The molecule has 0 saturated heterocycles. The van der Waals surface area contributed by atoms with Crippen LogP contribution in [-0.2, 0) is 39.5 Å². The molecular formula is C56H62Cl2N6O12. The van der Waals surface area contributed by atoms with E-state index in [4.69, 9.17) is 42.1 Å². The fraction of sp³-hybridized carbons (Fsp3) is 0.357. The lowest BCUT2D eigenvalue weighted by Crippen LogP contribution is -2.45. The average molecular weight is 1080 g/mol. The van der Waals surface area contributed by atoms with Crippen LogP contribution < -0.4 is 18.9 Å². The minimum Gasteiger partial charge on any atom is -0.488 e. The van der Waals surface area contributed by atoms with E-state index in [2.05, 4.69) is 22.1 Å². The number of aliphatic hydroxyl groups excluding tert-OH is 8. The number of hydrogen-bond donors (Lipinski definition) is 8. The molecule has 0 radical (unpaired) electrons. The number of nitrogens with zero attached hydrogens (tertiary/aromatic N) is 6. The molecule has 2 heterocycles. The molecule has 0 aliphatic carbocycles. The van der Waals surface area contributed by atoms with Crippen LogP contribution in [0.25, 0.3) is 11.1 Å². The Morgan fingerprint density at radius 1 is 0.500 bits per heavy atom. The summed E-state index contributed by atoms with van der Waals surface area (Å²) in [4.78, 5) is 11.5. The van der Waals surface area contributed by atoms with Gasteiger partial charge in [-0.2, -0.15) is 10.5 Å². The Morgan fingerprint density at radius 3 is 1.24 bits per heavy atom. The highest BCUT2D eigenvalue weighted by atomic mass is 35.5. The van der Waals surface area contributed by atoms with Gasteiger partial charge in [-0.15, -0.1) is 0 Å². The van der Waals surface area contributed by atoms with Crippen LogP contribution in [0.3, 0.4) is 0 Å². The van der Waals surface area contributed by atoms with Crippen LogP contribution in [0.15, 0.2) is 97.6 Å². The summed E-state index contributed by atoms with van der Waals surface area (Å²) in [7, 11) is 0. The van der Waals surface area contributed by atoms with E-state index in [1.54, 1.807) is 58.6 Å². The van der Waals surface area contributed by atoms with E-state index >= 15 is 0 Å². The number of rotatable bonds is 29. The molecule has 20 heteroatoms. The number of pyridine rings is 2. The quantitative estimate of drug-likeness (QED) is 0.0302. The average Bonchev–Trinajstić information content (AvgIpc) is 3.43. The molecular weight excluding hydrogens is 1020 g/mol. The number of benzene rings is 4. The van der Waals surface area contributed by atoms with Crippen LogP contribution >= 0.6 is 23.2 Å². The van der Waals surface area contributed by atoms with E-state index in [1.807, 2.05) is 50.2 Å². The second kappa shape index (κ2) is 29.2. The number of halogens is 2. The van der Waals surface area contributed by atoms with Crippen molar-refractivity contribution in [1.29, 1.82) is 10.5 Å². The number of aliphatic hydroxyl groups is 8. The Balaban J connectivity index is 1.25. The minimum absolute atomic E-state index is 0.0216. The summed E-state index contributed by atoms with van der Waals surface area (Å²) in [6.07, 6.45) is 3.72. The summed E-state index contributed by atoms with van der Waals surface area (Å²) in [5.41, 5.74) is 8.53. The van der Waals surface area contributed by atoms with Crippen LogP contribution in [0.1, 0.15) is 55.6 Å².